The second kappa shape index (κ2) is 11.6. The van der Waals surface area contributed by atoms with Crippen molar-refractivity contribution in [1.82, 2.24) is 5.32 Å². The van der Waals surface area contributed by atoms with Crippen LogP contribution in [0.15, 0.2) is 30.3 Å². The van der Waals surface area contributed by atoms with Crippen molar-refractivity contribution < 1.29 is 4.79 Å². The molecule has 0 saturated carbocycles. The van der Waals surface area contributed by atoms with Gasteiger partial charge in [0.05, 0.1) is 0 Å². The number of carbonyl (C=O) groups excluding carboxylic acids is 1. The molecule has 0 spiro atoms. The van der Waals surface area contributed by atoms with Crippen LogP contribution in [-0.2, 0) is 4.79 Å². The van der Waals surface area contributed by atoms with Crippen LogP contribution in [0.2, 0.25) is 0 Å². The summed E-state index contributed by atoms with van der Waals surface area (Å²) in [5.41, 5.74) is 7.07. The Morgan fingerprint density at radius 1 is 1.24 bits per heavy atom. The van der Waals surface area contributed by atoms with Crippen molar-refractivity contribution in [3.8, 4) is 0 Å². The zero-order valence-electron chi connectivity index (χ0n) is 13.2. The number of amides is 1. The smallest absolute Gasteiger partial charge is 0.221 e. The van der Waals surface area contributed by atoms with E-state index in [9.17, 15) is 4.79 Å². The van der Waals surface area contributed by atoms with Crippen molar-refractivity contribution >= 4 is 18.3 Å². The van der Waals surface area contributed by atoms with E-state index in [-0.39, 0.29) is 24.4 Å². The Kier molecular flexibility index (Phi) is 11.0. The summed E-state index contributed by atoms with van der Waals surface area (Å²) in [6.45, 7) is 5.16. The Morgan fingerprint density at radius 3 is 2.48 bits per heavy atom. The first-order valence-corrected chi connectivity index (χ1v) is 7.74. The SMILES string of the molecule is CCCCC(CC)CNC(=O)CC(N)c1ccccc1.Cl. The maximum atomic E-state index is 11.9. The topological polar surface area (TPSA) is 55.1 Å². The number of nitrogens with two attached hydrogens (primary N) is 1. The molecule has 4 heteroatoms. The third-order valence-electron chi connectivity index (χ3n) is 3.76. The molecule has 3 N–H and O–H groups in total. The number of nitrogens with one attached hydrogen (secondary N) is 1. The van der Waals surface area contributed by atoms with Gasteiger partial charge in [-0.1, -0.05) is 63.4 Å². The Bertz CT molecular complexity index is 384. The lowest BCUT2D eigenvalue weighted by Crippen LogP contribution is -2.31. The molecular formula is C17H29ClN2O. The third kappa shape index (κ3) is 8.08. The van der Waals surface area contributed by atoms with Gasteiger partial charge in [0, 0.05) is 19.0 Å². The van der Waals surface area contributed by atoms with E-state index in [1.54, 1.807) is 0 Å². The lowest BCUT2D eigenvalue weighted by molar-refractivity contribution is -0.121. The first-order chi connectivity index (χ1) is 9.67. The van der Waals surface area contributed by atoms with Gasteiger partial charge in [-0.25, -0.2) is 0 Å². The minimum Gasteiger partial charge on any atom is -0.356 e. The lowest BCUT2D eigenvalue weighted by Gasteiger charge is -2.17. The van der Waals surface area contributed by atoms with Crippen LogP contribution >= 0.6 is 12.4 Å². The second-order valence-corrected chi connectivity index (χ2v) is 5.44. The predicted octanol–water partition coefficient (Wildman–Crippen LogP) is 3.83. The molecule has 0 saturated heterocycles. The fourth-order valence-electron chi connectivity index (χ4n) is 2.29. The quantitative estimate of drug-likeness (QED) is 0.728. The molecule has 2 unspecified atom stereocenters. The largest absolute Gasteiger partial charge is 0.356 e. The molecule has 0 aliphatic carbocycles. The molecule has 0 aliphatic rings. The molecule has 21 heavy (non-hydrogen) atoms. The number of unbranched alkanes of at least 4 members (excludes halogenated alkanes) is 1. The van der Waals surface area contributed by atoms with Gasteiger partial charge in [-0.05, 0) is 17.9 Å². The van der Waals surface area contributed by atoms with Crippen molar-refractivity contribution in [3.05, 3.63) is 35.9 Å². The minimum atomic E-state index is -0.216. The number of hydrogen-bond acceptors (Lipinski definition) is 2. The van der Waals surface area contributed by atoms with Gasteiger partial charge < -0.3 is 11.1 Å². The molecule has 2 atom stereocenters. The number of benzene rings is 1. The van der Waals surface area contributed by atoms with Gasteiger partial charge >= 0.3 is 0 Å². The van der Waals surface area contributed by atoms with Crippen molar-refractivity contribution in [3.63, 3.8) is 0 Å². The van der Waals surface area contributed by atoms with E-state index in [2.05, 4.69) is 19.2 Å². The average Bonchev–Trinajstić information content (AvgIpc) is 2.48. The standard InChI is InChI=1S/C17H28N2O.ClH/c1-3-5-9-14(4-2)13-19-17(20)12-16(18)15-10-7-6-8-11-15;/h6-8,10-11,14,16H,3-5,9,12-13,18H2,1-2H3,(H,19,20);1H. The molecule has 0 fully saturated rings. The third-order valence-corrected chi connectivity index (χ3v) is 3.76. The van der Waals surface area contributed by atoms with Crippen LogP contribution < -0.4 is 11.1 Å². The van der Waals surface area contributed by atoms with Crippen LogP contribution in [0.4, 0.5) is 0 Å². The second-order valence-electron chi connectivity index (χ2n) is 5.44. The van der Waals surface area contributed by atoms with Crippen molar-refractivity contribution in [1.29, 1.82) is 0 Å². The van der Waals surface area contributed by atoms with Gasteiger partial charge in [0.25, 0.3) is 0 Å². The molecule has 0 aliphatic heterocycles. The zero-order chi connectivity index (χ0) is 14.8. The Hall–Kier alpha value is -1.06. The van der Waals surface area contributed by atoms with Gasteiger partial charge in [0.2, 0.25) is 5.91 Å². The van der Waals surface area contributed by atoms with E-state index in [0.717, 1.165) is 18.5 Å². The van der Waals surface area contributed by atoms with Gasteiger partial charge in [0.15, 0.2) is 0 Å². The summed E-state index contributed by atoms with van der Waals surface area (Å²) in [4.78, 5) is 11.9. The van der Waals surface area contributed by atoms with Crippen LogP contribution in [0.3, 0.4) is 0 Å². The number of halogens is 1. The zero-order valence-corrected chi connectivity index (χ0v) is 14.0. The fourth-order valence-corrected chi connectivity index (χ4v) is 2.29. The van der Waals surface area contributed by atoms with E-state index in [1.165, 1.54) is 19.3 Å². The lowest BCUT2D eigenvalue weighted by atomic mass is 9.99. The van der Waals surface area contributed by atoms with E-state index >= 15 is 0 Å². The summed E-state index contributed by atoms with van der Waals surface area (Å²) in [5, 5.41) is 3.02. The van der Waals surface area contributed by atoms with E-state index in [0.29, 0.717) is 12.3 Å². The predicted molar refractivity (Wildman–Crippen MR) is 91.6 cm³/mol. The monoisotopic (exact) mass is 312 g/mol. The highest BCUT2D eigenvalue weighted by Crippen LogP contribution is 2.14. The Morgan fingerprint density at radius 2 is 1.90 bits per heavy atom. The molecule has 1 rings (SSSR count). The van der Waals surface area contributed by atoms with Gasteiger partial charge in [-0.15, -0.1) is 12.4 Å². The fraction of sp³-hybridized carbons (Fsp3) is 0.588. The first kappa shape index (κ1) is 19.9. The first-order valence-electron chi connectivity index (χ1n) is 7.74. The molecule has 0 bridgehead atoms. The number of hydrogen-bond donors (Lipinski definition) is 2. The Balaban J connectivity index is 0.00000400. The maximum Gasteiger partial charge on any atom is 0.221 e. The van der Waals surface area contributed by atoms with E-state index in [4.69, 9.17) is 5.73 Å². The van der Waals surface area contributed by atoms with E-state index < -0.39 is 0 Å². The highest BCUT2D eigenvalue weighted by molar-refractivity contribution is 5.85. The van der Waals surface area contributed by atoms with Gasteiger partial charge in [0.1, 0.15) is 0 Å². The number of carbonyl (C=O) groups is 1. The summed E-state index contributed by atoms with van der Waals surface area (Å²) in [7, 11) is 0. The molecular weight excluding hydrogens is 284 g/mol. The van der Waals surface area contributed by atoms with Crippen molar-refractivity contribution in [2.75, 3.05) is 6.54 Å². The highest BCUT2D eigenvalue weighted by atomic mass is 35.5. The van der Waals surface area contributed by atoms with Crippen molar-refractivity contribution in [2.45, 2.75) is 52.0 Å². The van der Waals surface area contributed by atoms with Crippen molar-refractivity contribution in [2.24, 2.45) is 11.7 Å². The van der Waals surface area contributed by atoms with Crippen LogP contribution in [0, 0.1) is 5.92 Å². The van der Waals surface area contributed by atoms with Crippen LogP contribution in [0.5, 0.6) is 0 Å². The van der Waals surface area contributed by atoms with Crippen LogP contribution in [0.1, 0.15) is 57.6 Å². The molecule has 0 aromatic heterocycles. The minimum absolute atomic E-state index is 0. The van der Waals surface area contributed by atoms with Gasteiger partial charge in [-0.2, -0.15) is 0 Å². The normalized spacial score (nSPS) is 13.1. The van der Waals surface area contributed by atoms with Crippen LogP contribution in [-0.4, -0.2) is 12.5 Å². The summed E-state index contributed by atoms with van der Waals surface area (Å²) < 4.78 is 0. The molecule has 0 radical (unpaired) electrons. The maximum absolute atomic E-state index is 11.9. The number of rotatable bonds is 9. The molecule has 0 heterocycles. The van der Waals surface area contributed by atoms with E-state index in [1.807, 2.05) is 30.3 Å². The molecule has 1 amide bonds. The molecule has 3 nitrogen and oxygen atoms in total. The molecule has 1 aromatic rings. The summed E-state index contributed by atoms with van der Waals surface area (Å²) in [5.74, 6) is 0.642. The average molecular weight is 313 g/mol. The molecule has 1 aromatic carbocycles. The summed E-state index contributed by atoms with van der Waals surface area (Å²) in [6.07, 6.45) is 5.11. The highest BCUT2D eigenvalue weighted by Gasteiger charge is 2.13. The van der Waals surface area contributed by atoms with Gasteiger partial charge in [-0.3, -0.25) is 4.79 Å². The molecule has 120 valence electrons. The van der Waals surface area contributed by atoms with Crippen LogP contribution in [0.25, 0.3) is 0 Å². The Labute approximate surface area is 135 Å². The summed E-state index contributed by atoms with van der Waals surface area (Å²) in [6, 6.07) is 9.57. The summed E-state index contributed by atoms with van der Waals surface area (Å²) >= 11 is 0.